The summed E-state index contributed by atoms with van der Waals surface area (Å²) in [7, 11) is 0. The van der Waals surface area contributed by atoms with Crippen molar-refractivity contribution in [3.63, 3.8) is 0 Å². The molecule has 8 rings (SSSR count). The number of hydrogen-bond donors (Lipinski definition) is 0. The first-order valence-corrected chi connectivity index (χ1v) is 26.3. The average Bonchev–Trinajstić information content (AvgIpc) is 3.93. The minimum absolute atomic E-state index is 0.833. The number of fused-ring (bicyclic) bond motifs is 4. The smallest absolute Gasteiger partial charge is 0.0198 e. The molecule has 0 aliphatic heterocycles. The van der Waals surface area contributed by atoms with E-state index in [2.05, 4.69) is 193 Å². The summed E-state index contributed by atoms with van der Waals surface area (Å²) in [6, 6.07) is 34.6. The highest BCUT2D eigenvalue weighted by atomic mass is 14.2. The van der Waals surface area contributed by atoms with Crippen LogP contribution in [0.5, 0.6) is 0 Å². The predicted octanol–water partition coefficient (Wildman–Crippen LogP) is 21.2. The van der Waals surface area contributed by atoms with Gasteiger partial charge >= 0.3 is 0 Å². The van der Waals surface area contributed by atoms with Crippen molar-refractivity contribution >= 4 is 11.1 Å². The van der Waals surface area contributed by atoms with Crippen LogP contribution in [-0.2, 0) is 38.5 Å². The molecule has 0 fully saturated rings. The van der Waals surface area contributed by atoms with Crippen molar-refractivity contribution in [2.75, 3.05) is 0 Å². The summed E-state index contributed by atoms with van der Waals surface area (Å²) in [6.07, 6.45) is 15.4. The molecule has 0 N–H and O–H groups in total. The topological polar surface area (TPSA) is 0 Å². The van der Waals surface area contributed by atoms with Gasteiger partial charge < -0.3 is 0 Å². The summed E-state index contributed by atoms with van der Waals surface area (Å²) in [4.78, 5) is 0. The molecule has 0 spiro atoms. The van der Waals surface area contributed by atoms with E-state index < -0.39 is 0 Å². The van der Waals surface area contributed by atoms with Crippen LogP contribution in [0.25, 0.3) is 11.1 Å². The van der Waals surface area contributed by atoms with E-state index in [0.717, 1.165) is 30.1 Å². The summed E-state index contributed by atoms with van der Waals surface area (Å²) >= 11 is 0. The standard InChI is InChI=1S/C11H12.C10H10.C10H12.C9H10.4C4H10.4C2H6/c1-9-5-4-7-10-6-2-3-8-11(9)10;1-8-6-7-9-4-2-3-5-10(8)9;1-2-6-10-8-4-3-7-9(10)5-1;1-2-5-9-7-3-6-8(9)4-1;4*1-4(2)3;4*1-2/h2-3,6,8H,1,4-5,7H2;2-5H,1,6-7H2;1-2,5-6H,3-4,7-8H2;1-2,4-5H,3,6-7H2;4*4H,1-3H3;4*1-2H3. The normalized spacial score (nSPS) is 12.6. The van der Waals surface area contributed by atoms with Gasteiger partial charge in [-0.3, -0.25) is 0 Å². The van der Waals surface area contributed by atoms with Gasteiger partial charge in [0.2, 0.25) is 0 Å². The predicted molar refractivity (Wildman–Crippen MR) is 301 cm³/mol. The number of aryl methyl sites for hydroxylation is 6. The zero-order valence-corrected chi connectivity index (χ0v) is 46.4. The molecule has 0 heteroatoms. The molecule has 0 radical (unpaired) electrons. The Morgan fingerprint density at radius 2 is 0.469 bits per heavy atom. The molecule has 0 unspecified atom stereocenters. The lowest BCUT2D eigenvalue weighted by Gasteiger charge is -2.16. The third-order valence-corrected chi connectivity index (χ3v) is 8.69. The fourth-order valence-electron chi connectivity index (χ4n) is 6.40. The van der Waals surface area contributed by atoms with Crippen LogP contribution in [-0.4, -0.2) is 0 Å². The zero-order chi connectivity index (χ0) is 49.9. The molecule has 0 aromatic heterocycles. The van der Waals surface area contributed by atoms with Gasteiger partial charge in [-0.15, -0.1) is 0 Å². The van der Waals surface area contributed by atoms with Crippen molar-refractivity contribution in [3.05, 3.63) is 155 Å². The highest BCUT2D eigenvalue weighted by molar-refractivity contribution is 5.70. The molecule has 0 amide bonds. The third-order valence-electron chi connectivity index (χ3n) is 8.69. The van der Waals surface area contributed by atoms with E-state index in [9.17, 15) is 0 Å². The highest BCUT2D eigenvalue weighted by Crippen LogP contribution is 2.30. The molecular weight excluding hydrogens is 769 g/mol. The van der Waals surface area contributed by atoms with Crippen molar-refractivity contribution < 1.29 is 0 Å². The van der Waals surface area contributed by atoms with Crippen LogP contribution in [0.4, 0.5) is 0 Å². The Hall–Kier alpha value is -3.64. The number of rotatable bonds is 0. The maximum absolute atomic E-state index is 4.06. The van der Waals surface area contributed by atoms with Crippen molar-refractivity contribution in [1.29, 1.82) is 0 Å². The quantitative estimate of drug-likeness (QED) is 0.165. The van der Waals surface area contributed by atoms with E-state index in [1.807, 2.05) is 55.4 Å². The Morgan fingerprint density at radius 3 is 0.750 bits per heavy atom. The molecule has 0 heterocycles. The summed E-state index contributed by atoms with van der Waals surface area (Å²) in [5, 5.41) is 0. The molecule has 0 bridgehead atoms. The molecule has 0 atom stereocenters. The Labute approximate surface area is 403 Å². The largest absolute Gasteiger partial charge is 0.0952 e. The van der Waals surface area contributed by atoms with Gasteiger partial charge in [-0.25, -0.2) is 0 Å². The first kappa shape index (κ1) is 67.0. The van der Waals surface area contributed by atoms with E-state index in [-0.39, 0.29) is 0 Å². The number of benzene rings is 4. The Bertz CT molecular complexity index is 1540. The molecule has 4 aromatic rings. The lowest BCUT2D eigenvalue weighted by molar-refractivity contribution is 0.685. The second kappa shape index (κ2) is 45.9. The maximum Gasteiger partial charge on any atom is -0.0198 e. The van der Waals surface area contributed by atoms with Gasteiger partial charge in [0.15, 0.2) is 0 Å². The highest BCUT2D eigenvalue weighted by Gasteiger charge is 2.12. The van der Waals surface area contributed by atoms with E-state index in [1.165, 1.54) is 104 Å². The summed E-state index contributed by atoms with van der Waals surface area (Å²) in [5.74, 6) is 3.33. The number of hydrogen-bond acceptors (Lipinski definition) is 0. The van der Waals surface area contributed by atoms with Gasteiger partial charge in [0.25, 0.3) is 0 Å². The van der Waals surface area contributed by atoms with Gasteiger partial charge in [-0.05, 0) is 156 Å². The van der Waals surface area contributed by atoms with E-state index >= 15 is 0 Å². The molecule has 4 aliphatic rings. The minimum Gasteiger partial charge on any atom is -0.0952 e. The van der Waals surface area contributed by atoms with Crippen molar-refractivity contribution in [2.24, 2.45) is 23.7 Å². The van der Waals surface area contributed by atoms with Crippen LogP contribution >= 0.6 is 0 Å². The van der Waals surface area contributed by atoms with Crippen molar-refractivity contribution in [2.45, 2.75) is 216 Å². The van der Waals surface area contributed by atoms with Gasteiger partial charge in [0.1, 0.15) is 0 Å². The van der Waals surface area contributed by atoms with Gasteiger partial charge in [-0.1, -0.05) is 249 Å². The van der Waals surface area contributed by atoms with Gasteiger partial charge in [0, 0.05) is 0 Å². The number of allylic oxidation sites excluding steroid dienone is 2. The molecule has 4 aliphatic carbocycles. The molecule has 364 valence electrons. The fourth-order valence-corrected chi connectivity index (χ4v) is 6.40. The second-order valence-electron chi connectivity index (χ2n) is 18.4. The van der Waals surface area contributed by atoms with E-state index in [4.69, 9.17) is 0 Å². The first-order valence-electron chi connectivity index (χ1n) is 26.3. The van der Waals surface area contributed by atoms with Gasteiger partial charge in [0.05, 0.1) is 0 Å². The van der Waals surface area contributed by atoms with Crippen LogP contribution in [0, 0.1) is 23.7 Å². The zero-order valence-electron chi connectivity index (χ0n) is 46.4. The monoisotopic (exact) mass is 877 g/mol. The van der Waals surface area contributed by atoms with Gasteiger partial charge in [-0.2, -0.15) is 0 Å². The minimum atomic E-state index is 0.833. The Kier molecular flexibility index (Phi) is 48.0. The fraction of sp³-hybridized carbons (Fsp3) is 0.562. The van der Waals surface area contributed by atoms with Crippen molar-refractivity contribution in [3.8, 4) is 0 Å². The van der Waals surface area contributed by atoms with Crippen molar-refractivity contribution in [1.82, 2.24) is 0 Å². The SMILES string of the molecule is C=C1CCCc2ccccc21.C=C1CCc2ccccc21.CC.CC.CC.CC.CC(C)C.CC(C)C.CC(C)C.CC(C)C.c1ccc2c(c1)CCC2.c1ccc2c(c1)CCCC2. The molecular formula is C64H108. The molecule has 0 nitrogen and oxygen atoms in total. The van der Waals surface area contributed by atoms with E-state index in [0.29, 0.717) is 0 Å². The third kappa shape index (κ3) is 36.7. The second-order valence-corrected chi connectivity index (χ2v) is 18.4. The van der Waals surface area contributed by atoms with Crippen LogP contribution in [0.2, 0.25) is 0 Å². The summed E-state index contributed by atoms with van der Waals surface area (Å²) < 4.78 is 0. The first-order chi connectivity index (χ1) is 30.6. The summed E-state index contributed by atoms with van der Waals surface area (Å²) in [6.45, 7) is 50.1. The lowest BCUT2D eigenvalue weighted by atomic mass is 9.88. The van der Waals surface area contributed by atoms with E-state index in [1.54, 1.807) is 22.3 Å². The molecule has 0 saturated heterocycles. The Balaban J connectivity index is -0.000000324. The lowest BCUT2D eigenvalue weighted by Crippen LogP contribution is -2.00. The molecule has 4 aromatic carbocycles. The van der Waals surface area contributed by atoms with Crippen LogP contribution < -0.4 is 0 Å². The molecule has 64 heavy (non-hydrogen) atoms. The maximum atomic E-state index is 4.06. The summed E-state index contributed by atoms with van der Waals surface area (Å²) in [5.41, 5.74) is 14.6. The molecule has 0 saturated carbocycles. The van der Waals surface area contributed by atoms with Crippen LogP contribution in [0.3, 0.4) is 0 Å². The average molecular weight is 878 g/mol. The van der Waals surface area contributed by atoms with Crippen LogP contribution in [0.15, 0.2) is 110 Å². The Morgan fingerprint density at radius 1 is 0.266 bits per heavy atom. The van der Waals surface area contributed by atoms with Crippen LogP contribution in [0.1, 0.15) is 222 Å².